The molecule has 2 rings (SSSR count). The topological polar surface area (TPSA) is 69.1 Å². The molecule has 6 nitrogen and oxygen atoms in total. The summed E-state index contributed by atoms with van der Waals surface area (Å²) in [7, 11) is 0. The Morgan fingerprint density at radius 1 is 1.24 bits per heavy atom. The van der Waals surface area contributed by atoms with Crippen LogP contribution in [-0.4, -0.2) is 61.3 Å². The lowest BCUT2D eigenvalue weighted by molar-refractivity contribution is -0.0498. The van der Waals surface area contributed by atoms with Gasteiger partial charge < -0.3 is 20.5 Å². The van der Waals surface area contributed by atoms with Crippen molar-refractivity contribution in [3.8, 4) is 5.75 Å². The molecular formula is C21H34F2N4O2. The molecular weight excluding hydrogens is 378 g/mol. The number of benzene rings is 1. The minimum Gasteiger partial charge on any atom is -0.435 e. The Hall–Kier alpha value is -1.93. The monoisotopic (exact) mass is 412 g/mol. The van der Waals surface area contributed by atoms with Gasteiger partial charge in [-0.15, -0.1) is 0 Å². The van der Waals surface area contributed by atoms with Crippen LogP contribution >= 0.6 is 0 Å². The lowest BCUT2D eigenvalue weighted by atomic mass is 9.98. The van der Waals surface area contributed by atoms with Gasteiger partial charge in [-0.25, -0.2) is 0 Å². The summed E-state index contributed by atoms with van der Waals surface area (Å²) in [6.45, 7) is 7.52. The Balaban J connectivity index is 1.84. The quantitative estimate of drug-likeness (QED) is 0.430. The molecule has 164 valence electrons. The van der Waals surface area contributed by atoms with E-state index in [1.54, 1.807) is 12.1 Å². The van der Waals surface area contributed by atoms with E-state index in [2.05, 4.69) is 39.1 Å². The van der Waals surface area contributed by atoms with Crippen LogP contribution in [0.4, 0.5) is 8.78 Å². The normalized spacial score (nSPS) is 18.5. The third-order valence-corrected chi connectivity index (χ3v) is 5.25. The predicted octanol–water partition coefficient (Wildman–Crippen LogP) is 3.00. The molecule has 1 fully saturated rings. The van der Waals surface area contributed by atoms with E-state index in [0.29, 0.717) is 24.1 Å². The predicted molar refractivity (Wildman–Crippen MR) is 111 cm³/mol. The Labute approximate surface area is 172 Å². The average molecular weight is 413 g/mol. The molecule has 0 radical (unpaired) electrons. The summed E-state index contributed by atoms with van der Waals surface area (Å²) in [6.07, 6.45) is 1.68. The number of piperidine rings is 1. The molecule has 1 aromatic carbocycles. The summed E-state index contributed by atoms with van der Waals surface area (Å²) in [5.41, 5.74) is 0.616. The number of guanidine groups is 1. The Morgan fingerprint density at radius 2 is 1.90 bits per heavy atom. The van der Waals surface area contributed by atoms with E-state index in [1.165, 1.54) is 25.0 Å². The first-order valence-corrected chi connectivity index (χ1v) is 10.4. The summed E-state index contributed by atoms with van der Waals surface area (Å²) in [6, 6.07) is 6.36. The third kappa shape index (κ3) is 8.14. The van der Waals surface area contributed by atoms with Gasteiger partial charge in [-0.1, -0.05) is 19.1 Å². The van der Waals surface area contributed by atoms with Crippen LogP contribution < -0.4 is 15.4 Å². The number of aliphatic hydroxyl groups is 1. The molecule has 2 unspecified atom stereocenters. The van der Waals surface area contributed by atoms with Crippen LogP contribution in [0.15, 0.2) is 29.3 Å². The highest BCUT2D eigenvalue weighted by Crippen LogP contribution is 2.19. The smallest absolute Gasteiger partial charge is 0.387 e. The Bertz CT molecular complexity index is 620. The molecule has 8 heteroatoms. The summed E-state index contributed by atoms with van der Waals surface area (Å²) in [5, 5.41) is 16.7. The number of likely N-dealkylation sites (tertiary alicyclic amines) is 1. The molecule has 29 heavy (non-hydrogen) atoms. The fourth-order valence-corrected chi connectivity index (χ4v) is 3.33. The number of hydrogen-bond acceptors (Lipinski definition) is 4. The maximum Gasteiger partial charge on any atom is 0.387 e. The Kier molecular flexibility index (Phi) is 9.60. The third-order valence-electron chi connectivity index (χ3n) is 5.25. The van der Waals surface area contributed by atoms with Crippen molar-refractivity contribution in [2.45, 2.75) is 52.4 Å². The molecule has 1 aromatic rings. The highest BCUT2D eigenvalue weighted by atomic mass is 19.3. The minimum absolute atomic E-state index is 0.0694. The maximum atomic E-state index is 12.2. The molecule has 0 amide bonds. The summed E-state index contributed by atoms with van der Waals surface area (Å²) < 4.78 is 28.8. The number of nitrogens with zero attached hydrogens (tertiary/aromatic N) is 2. The second-order valence-corrected chi connectivity index (χ2v) is 7.63. The van der Waals surface area contributed by atoms with Gasteiger partial charge in [0.1, 0.15) is 5.75 Å². The van der Waals surface area contributed by atoms with Gasteiger partial charge in [-0.2, -0.15) is 8.78 Å². The molecule has 0 saturated carbocycles. The van der Waals surface area contributed by atoms with Gasteiger partial charge in [0.05, 0.1) is 12.6 Å². The standard InChI is InChI=1S/C21H34F2N4O2/c1-4-24-21(25-13-16(3)27-11-9-15(2)10-12-27)26-14-19(28)17-5-7-18(8-6-17)29-20(22)23/h5-8,15-16,19-20,28H,4,9-14H2,1-3H3,(H2,24,25,26). The Morgan fingerprint density at radius 3 is 2.48 bits per heavy atom. The number of alkyl halides is 2. The van der Waals surface area contributed by atoms with Gasteiger partial charge in [0.2, 0.25) is 0 Å². The van der Waals surface area contributed by atoms with Gasteiger partial charge >= 0.3 is 6.61 Å². The molecule has 3 N–H and O–H groups in total. The van der Waals surface area contributed by atoms with Crippen molar-refractivity contribution in [2.24, 2.45) is 10.9 Å². The molecule has 0 aliphatic carbocycles. The highest BCUT2D eigenvalue weighted by molar-refractivity contribution is 5.79. The first kappa shape index (κ1) is 23.3. The van der Waals surface area contributed by atoms with Gasteiger partial charge in [-0.05, 0) is 63.4 Å². The lowest BCUT2D eigenvalue weighted by Gasteiger charge is -2.34. The lowest BCUT2D eigenvalue weighted by Crippen LogP contribution is -2.43. The zero-order chi connectivity index (χ0) is 21.2. The van der Waals surface area contributed by atoms with E-state index in [0.717, 1.165) is 25.6 Å². The van der Waals surface area contributed by atoms with E-state index >= 15 is 0 Å². The van der Waals surface area contributed by atoms with Gasteiger partial charge in [0.25, 0.3) is 0 Å². The maximum absolute atomic E-state index is 12.2. The van der Waals surface area contributed by atoms with Gasteiger partial charge in [0, 0.05) is 19.1 Å². The molecule has 0 aromatic heterocycles. The van der Waals surface area contributed by atoms with E-state index in [-0.39, 0.29) is 12.3 Å². The molecule has 1 aliphatic heterocycles. The average Bonchev–Trinajstić information content (AvgIpc) is 2.70. The molecule has 1 saturated heterocycles. The van der Waals surface area contributed by atoms with Crippen molar-refractivity contribution >= 4 is 5.96 Å². The summed E-state index contributed by atoms with van der Waals surface area (Å²) >= 11 is 0. The second kappa shape index (κ2) is 11.9. The molecule has 1 heterocycles. The number of nitrogens with one attached hydrogen (secondary N) is 2. The minimum atomic E-state index is -2.86. The van der Waals surface area contributed by atoms with E-state index in [1.807, 2.05) is 6.92 Å². The van der Waals surface area contributed by atoms with Crippen molar-refractivity contribution in [3.63, 3.8) is 0 Å². The fourth-order valence-electron chi connectivity index (χ4n) is 3.33. The van der Waals surface area contributed by atoms with Crippen LogP contribution in [0.5, 0.6) is 5.75 Å². The van der Waals surface area contributed by atoms with Crippen LogP contribution in [0.3, 0.4) is 0 Å². The van der Waals surface area contributed by atoms with Crippen LogP contribution in [-0.2, 0) is 0 Å². The van der Waals surface area contributed by atoms with Crippen molar-refractivity contribution in [1.82, 2.24) is 15.5 Å². The first-order chi connectivity index (χ1) is 13.9. The van der Waals surface area contributed by atoms with Crippen LogP contribution in [0.2, 0.25) is 0 Å². The van der Waals surface area contributed by atoms with Crippen LogP contribution in [0.25, 0.3) is 0 Å². The van der Waals surface area contributed by atoms with Crippen LogP contribution in [0, 0.1) is 5.92 Å². The van der Waals surface area contributed by atoms with Gasteiger partial charge in [-0.3, -0.25) is 9.89 Å². The zero-order valence-corrected chi connectivity index (χ0v) is 17.6. The van der Waals surface area contributed by atoms with E-state index < -0.39 is 12.7 Å². The molecule has 1 aliphatic rings. The number of aliphatic hydroxyl groups excluding tert-OH is 1. The van der Waals surface area contributed by atoms with E-state index in [4.69, 9.17) is 0 Å². The number of hydrogen-bond donors (Lipinski definition) is 3. The summed E-state index contributed by atoms with van der Waals surface area (Å²) in [5.74, 6) is 1.53. The van der Waals surface area contributed by atoms with Crippen molar-refractivity contribution in [2.75, 3.05) is 32.7 Å². The number of aliphatic imine (C=N–C) groups is 1. The fraction of sp³-hybridized carbons (Fsp3) is 0.667. The largest absolute Gasteiger partial charge is 0.435 e. The number of ether oxygens (including phenoxy) is 1. The van der Waals surface area contributed by atoms with Crippen LogP contribution in [0.1, 0.15) is 45.3 Å². The van der Waals surface area contributed by atoms with Crippen molar-refractivity contribution in [1.29, 1.82) is 0 Å². The molecule has 0 bridgehead atoms. The molecule has 2 atom stereocenters. The highest BCUT2D eigenvalue weighted by Gasteiger charge is 2.20. The SMILES string of the molecule is CCNC(=NCC(C)N1CCC(C)CC1)NCC(O)c1ccc(OC(F)F)cc1. The molecule has 0 spiro atoms. The van der Waals surface area contributed by atoms with Gasteiger partial charge in [0.15, 0.2) is 5.96 Å². The first-order valence-electron chi connectivity index (χ1n) is 10.4. The van der Waals surface area contributed by atoms with E-state index in [9.17, 15) is 13.9 Å². The van der Waals surface area contributed by atoms with Crippen molar-refractivity contribution < 1.29 is 18.6 Å². The summed E-state index contributed by atoms with van der Waals surface area (Å²) in [4.78, 5) is 7.14. The number of halogens is 2. The number of rotatable bonds is 9. The van der Waals surface area contributed by atoms with Crippen molar-refractivity contribution in [3.05, 3.63) is 29.8 Å². The zero-order valence-electron chi connectivity index (χ0n) is 17.6. The second-order valence-electron chi connectivity index (χ2n) is 7.63.